The van der Waals surface area contributed by atoms with Gasteiger partial charge in [0.25, 0.3) is 0 Å². The summed E-state index contributed by atoms with van der Waals surface area (Å²) in [5, 5.41) is 9.47. The van der Waals surface area contributed by atoms with Crippen LogP contribution in [0.15, 0.2) is 67.1 Å². The lowest BCUT2D eigenvalue weighted by Crippen LogP contribution is -2.10. The van der Waals surface area contributed by atoms with Crippen LogP contribution in [0.25, 0.3) is 54.9 Å². The fourth-order valence-electron chi connectivity index (χ4n) is 4.32. The Balaban J connectivity index is 1.45. The number of rotatable bonds is 5. The molecule has 0 unspecified atom stereocenters. The van der Waals surface area contributed by atoms with Crippen molar-refractivity contribution in [2.45, 2.75) is 6.54 Å². The molecule has 8 heteroatoms. The highest BCUT2D eigenvalue weighted by atomic mass is 32.1. The van der Waals surface area contributed by atoms with Gasteiger partial charge in [-0.15, -0.1) is 11.3 Å². The molecule has 2 N–H and O–H groups in total. The van der Waals surface area contributed by atoms with E-state index in [0.29, 0.717) is 0 Å². The van der Waals surface area contributed by atoms with Gasteiger partial charge < -0.3 is 9.88 Å². The number of benzene rings is 1. The molecule has 0 atom stereocenters. The van der Waals surface area contributed by atoms with Crippen LogP contribution in [0.5, 0.6) is 0 Å². The van der Waals surface area contributed by atoms with Gasteiger partial charge >= 0.3 is 0 Å². The standard InChI is InChI=1S/C26H21FN6S/c1-33(2)14-15-9-17(13-28-12-15)16-3-4-21-18(10-16)25(32-31-21)22-11-19-20(30-22)7-8-29-26(19)23-5-6-24(27)34-23/h3-13,30H,14H2,1-2H3,(H,31,32). The predicted molar refractivity (Wildman–Crippen MR) is 135 cm³/mol. The van der Waals surface area contributed by atoms with Crippen molar-refractivity contribution in [3.05, 3.63) is 77.8 Å². The Kier molecular flexibility index (Phi) is 4.97. The van der Waals surface area contributed by atoms with Crippen molar-refractivity contribution in [1.29, 1.82) is 0 Å². The number of fused-ring (bicyclic) bond motifs is 2. The Morgan fingerprint density at radius 2 is 1.79 bits per heavy atom. The van der Waals surface area contributed by atoms with E-state index in [1.54, 1.807) is 12.3 Å². The van der Waals surface area contributed by atoms with Crippen molar-refractivity contribution in [3.63, 3.8) is 0 Å². The van der Waals surface area contributed by atoms with Crippen LogP contribution in [-0.4, -0.2) is 44.1 Å². The maximum Gasteiger partial charge on any atom is 0.177 e. The van der Waals surface area contributed by atoms with Gasteiger partial charge in [0.2, 0.25) is 0 Å². The van der Waals surface area contributed by atoms with E-state index in [9.17, 15) is 4.39 Å². The molecule has 1 aromatic carbocycles. The van der Waals surface area contributed by atoms with Gasteiger partial charge in [-0.25, -0.2) is 0 Å². The van der Waals surface area contributed by atoms with Gasteiger partial charge in [0.1, 0.15) is 5.69 Å². The number of hydrogen-bond acceptors (Lipinski definition) is 5. The van der Waals surface area contributed by atoms with Crippen molar-refractivity contribution < 1.29 is 4.39 Å². The van der Waals surface area contributed by atoms with Gasteiger partial charge in [-0.1, -0.05) is 6.07 Å². The summed E-state index contributed by atoms with van der Waals surface area (Å²) < 4.78 is 13.6. The van der Waals surface area contributed by atoms with E-state index in [1.165, 1.54) is 6.07 Å². The van der Waals surface area contributed by atoms with Crippen LogP contribution < -0.4 is 0 Å². The van der Waals surface area contributed by atoms with E-state index in [2.05, 4.69) is 48.2 Å². The van der Waals surface area contributed by atoms with Crippen molar-refractivity contribution in [2.75, 3.05) is 14.1 Å². The first-order valence-corrected chi connectivity index (χ1v) is 11.7. The molecule has 34 heavy (non-hydrogen) atoms. The highest BCUT2D eigenvalue weighted by molar-refractivity contribution is 7.13. The molecule has 0 bridgehead atoms. The summed E-state index contributed by atoms with van der Waals surface area (Å²) in [6.07, 6.45) is 5.53. The van der Waals surface area contributed by atoms with E-state index >= 15 is 0 Å². The molecule has 0 saturated heterocycles. The molecule has 0 saturated carbocycles. The Morgan fingerprint density at radius 1 is 0.912 bits per heavy atom. The summed E-state index contributed by atoms with van der Waals surface area (Å²) in [5.74, 6) is 0. The zero-order valence-corrected chi connectivity index (χ0v) is 19.4. The maximum absolute atomic E-state index is 13.6. The van der Waals surface area contributed by atoms with E-state index in [0.717, 1.165) is 78.3 Å². The molecule has 5 aromatic heterocycles. The summed E-state index contributed by atoms with van der Waals surface area (Å²) >= 11 is 1.10. The maximum atomic E-state index is 13.6. The van der Waals surface area contributed by atoms with Crippen molar-refractivity contribution in [2.24, 2.45) is 0 Å². The molecule has 0 aliphatic heterocycles. The highest BCUT2D eigenvalue weighted by Crippen LogP contribution is 2.36. The van der Waals surface area contributed by atoms with Gasteiger partial charge in [0, 0.05) is 47.0 Å². The molecule has 5 heterocycles. The van der Waals surface area contributed by atoms with Crippen LogP contribution in [0.4, 0.5) is 4.39 Å². The number of thiophene rings is 1. The molecule has 0 spiro atoms. The molecule has 0 amide bonds. The third-order valence-electron chi connectivity index (χ3n) is 5.80. The van der Waals surface area contributed by atoms with Crippen LogP contribution in [0.3, 0.4) is 0 Å². The smallest absolute Gasteiger partial charge is 0.177 e. The first-order chi connectivity index (χ1) is 16.5. The van der Waals surface area contributed by atoms with Crippen LogP contribution >= 0.6 is 11.3 Å². The number of halogens is 1. The Labute approximate surface area is 199 Å². The van der Waals surface area contributed by atoms with Crippen LogP contribution in [0.1, 0.15) is 5.56 Å². The Morgan fingerprint density at radius 3 is 2.62 bits per heavy atom. The average Bonchev–Trinajstić information content (AvgIpc) is 3.55. The summed E-state index contributed by atoms with van der Waals surface area (Å²) in [6.45, 7) is 0.833. The highest BCUT2D eigenvalue weighted by Gasteiger charge is 2.16. The summed E-state index contributed by atoms with van der Waals surface area (Å²) in [4.78, 5) is 15.4. The van der Waals surface area contributed by atoms with Crippen LogP contribution in [0, 0.1) is 5.13 Å². The molecule has 0 aliphatic carbocycles. The number of hydrogen-bond donors (Lipinski definition) is 2. The van der Waals surface area contributed by atoms with Gasteiger partial charge in [-0.05, 0) is 67.7 Å². The number of aromatic nitrogens is 5. The topological polar surface area (TPSA) is 73.5 Å². The second kappa shape index (κ2) is 8.16. The van der Waals surface area contributed by atoms with Crippen molar-refractivity contribution in [1.82, 2.24) is 30.0 Å². The average molecular weight is 469 g/mol. The van der Waals surface area contributed by atoms with Crippen LogP contribution in [-0.2, 0) is 6.54 Å². The minimum absolute atomic E-state index is 0.223. The Bertz CT molecular complexity index is 1640. The zero-order valence-electron chi connectivity index (χ0n) is 18.6. The van der Waals surface area contributed by atoms with Gasteiger partial charge in [-0.2, -0.15) is 9.49 Å². The Hall–Kier alpha value is -3.88. The molecular weight excluding hydrogens is 447 g/mol. The fourth-order valence-corrected chi connectivity index (χ4v) is 5.06. The molecule has 0 fully saturated rings. The van der Waals surface area contributed by atoms with Crippen molar-refractivity contribution in [3.8, 4) is 33.1 Å². The SMILES string of the molecule is CN(C)Cc1cncc(-c2ccc3[nH]nc(-c4cc5c(-c6ccc(F)s6)nccc5[nH]4)c3c2)c1. The third kappa shape index (κ3) is 3.67. The summed E-state index contributed by atoms with van der Waals surface area (Å²) in [7, 11) is 4.10. The molecule has 6 aromatic rings. The lowest BCUT2D eigenvalue weighted by Gasteiger charge is -2.10. The number of nitrogens with zero attached hydrogens (tertiary/aromatic N) is 4. The third-order valence-corrected chi connectivity index (χ3v) is 6.68. The van der Waals surface area contributed by atoms with E-state index in [-0.39, 0.29) is 5.13 Å². The normalized spacial score (nSPS) is 11.8. The minimum Gasteiger partial charge on any atom is -0.353 e. The van der Waals surface area contributed by atoms with Gasteiger partial charge in [0.15, 0.2) is 5.13 Å². The van der Waals surface area contributed by atoms with Crippen molar-refractivity contribution >= 4 is 33.1 Å². The fraction of sp³-hybridized carbons (Fsp3) is 0.115. The number of aromatic amines is 2. The molecule has 6 rings (SSSR count). The second-order valence-electron chi connectivity index (χ2n) is 8.56. The van der Waals surface area contributed by atoms with Gasteiger partial charge in [0.05, 0.1) is 21.8 Å². The molecular formula is C26H21FN6S. The number of nitrogens with one attached hydrogen (secondary N) is 2. The molecule has 6 nitrogen and oxygen atoms in total. The van der Waals surface area contributed by atoms with E-state index < -0.39 is 0 Å². The molecule has 168 valence electrons. The molecule has 0 aliphatic rings. The lowest BCUT2D eigenvalue weighted by atomic mass is 10.0. The lowest BCUT2D eigenvalue weighted by molar-refractivity contribution is 0.402. The first kappa shape index (κ1) is 20.7. The van der Waals surface area contributed by atoms with E-state index in [4.69, 9.17) is 0 Å². The molecule has 0 radical (unpaired) electrons. The predicted octanol–water partition coefficient (Wildman–Crippen LogP) is 6.10. The number of H-pyrrole nitrogens is 2. The van der Waals surface area contributed by atoms with Crippen LogP contribution in [0.2, 0.25) is 0 Å². The quantitative estimate of drug-likeness (QED) is 0.321. The monoisotopic (exact) mass is 468 g/mol. The van der Waals surface area contributed by atoms with Gasteiger partial charge in [-0.3, -0.25) is 15.1 Å². The zero-order chi connectivity index (χ0) is 23.2. The number of pyridine rings is 2. The first-order valence-electron chi connectivity index (χ1n) is 10.9. The minimum atomic E-state index is -0.223. The summed E-state index contributed by atoms with van der Waals surface area (Å²) in [6, 6.07) is 15.6. The van der Waals surface area contributed by atoms with E-state index in [1.807, 2.05) is 44.7 Å². The summed E-state index contributed by atoms with van der Waals surface area (Å²) in [5.41, 5.74) is 7.66. The largest absolute Gasteiger partial charge is 0.353 e. The second-order valence-corrected chi connectivity index (χ2v) is 9.59.